The number of piperazine rings is 1. The molecular weight excluding hydrogens is 514 g/mol. The molecule has 2 fully saturated rings. The molecular formula is C31H35N9O. The SMILES string of the molecule is CN1CCC(Oc2cnc3ccc(-c4c[nH]c5nc(Nc6cccc(N7CCN(C)CC7)c6)ncc45)cc3n2)CC1. The summed E-state index contributed by atoms with van der Waals surface area (Å²) >= 11 is 0. The first-order valence-corrected chi connectivity index (χ1v) is 14.3. The minimum absolute atomic E-state index is 0.184. The van der Waals surface area contributed by atoms with Crippen molar-refractivity contribution in [3.63, 3.8) is 0 Å². The molecule has 210 valence electrons. The highest BCUT2D eigenvalue weighted by Crippen LogP contribution is 2.31. The van der Waals surface area contributed by atoms with E-state index >= 15 is 0 Å². The molecule has 41 heavy (non-hydrogen) atoms. The van der Waals surface area contributed by atoms with Crippen LogP contribution in [0.3, 0.4) is 0 Å². The third-order valence-electron chi connectivity index (χ3n) is 8.19. The van der Waals surface area contributed by atoms with E-state index in [1.54, 1.807) is 6.20 Å². The maximum Gasteiger partial charge on any atom is 0.233 e. The third-order valence-corrected chi connectivity index (χ3v) is 8.19. The molecule has 0 spiro atoms. The van der Waals surface area contributed by atoms with Crippen LogP contribution in [0.1, 0.15) is 12.8 Å². The minimum atomic E-state index is 0.184. The molecule has 2 N–H and O–H groups in total. The largest absolute Gasteiger partial charge is 0.473 e. The van der Waals surface area contributed by atoms with Crippen LogP contribution in [0.5, 0.6) is 5.88 Å². The van der Waals surface area contributed by atoms with Crippen molar-refractivity contribution in [2.24, 2.45) is 0 Å². The predicted molar refractivity (Wildman–Crippen MR) is 163 cm³/mol. The Morgan fingerprint density at radius 2 is 1.68 bits per heavy atom. The first-order valence-electron chi connectivity index (χ1n) is 14.3. The summed E-state index contributed by atoms with van der Waals surface area (Å²) in [5.41, 5.74) is 6.66. The van der Waals surface area contributed by atoms with E-state index in [1.165, 1.54) is 5.69 Å². The molecule has 10 heteroatoms. The van der Waals surface area contributed by atoms with Gasteiger partial charge in [0, 0.05) is 74.0 Å². The second kappa shape index (κ2) is 10.9. The third kappa shape index (κ3) is 5.53. The van der Waals surface area contributed by atoms with Gasteiger partial charge in [0.15, 0.2) is 0 Å². The van der Waals surface area contributed by atoms with Crippen LogP contribution in [-0.2, 0) is 0 Å². The first-order chi connectivity index (χ1) is 20.1. The number of aromatic nitrogens is 5. The predicted octanol–water partition coefficient (Wildman–Crippen LogP) is 4.54. The van der Waals surface area contributed by atoms with Crippen LogP contribution < -0.4 is 15.0 Å². The average molecular weight is 550 g/mol. The Kier molecular flexibility index (Phi) is 6.85. The van der Waals surface area contributed by atoms with Gasteiger partial charge < -0.3 is 29.7 Å². The topological polar surface area (TPSA) is 98.3 Å². The number of benzene rings is 2. The van der Waals surface area contributed by atoms with E-state index in [0.29, 0.717) is 11.8 Å². The normalized spacial score (nSPS) is 17.4. The molecule has 5 heterocycles. The van der Waals surface area contributed by atoms with Crippen LogP contribution in [-0.4, -0.2) is 94.2 Å². The lowest BCUT2D eigenvalue weighted by molar-refractivity contribution is 0.110. The number of aromatic amines is 1. The number of hydrogen-bond donors (Lipinski definition) is 2. The summed E-state index contributed by atoms with van der Waals surface area (Å²) in [6.45, 7) is 6.28. The van der Waals surface area contributed by atoms with E-state index in [4.69, 9.17) is 14.7 Å². The van der Waals surface area contributed by atoms with Crippen molar-refractivity contribution in [1.82, 2.24) is 34.7 Å². The van der Waals surface area contributed by atoms with Gasteiger partial charge in [-0.3, -0.25) is 0 Å². The number of H-pyrrole nitrogens is 1. The van der Waals surface area contributed by atoms with Crippen molar-refractivity contribution >= 4 is 39.4 Å². The van der Waals surface area contributed by atoms with Crippen molar-refractivity contribution in [2.45, 2.75) is 18.9 Å². The number of fused-ring (bicyclic) bond motifs is 2. The zero-order chi connectivity index (χ0) is 27.8. The molecule has 0 saturated carbocycles. The molecule has 5 aromatic rings. The van der Waals surface area contributed by atoms with Crippen LogP contribution in [0.15, 0.2) is 61.1 Å². The van der Waals surface area contributed by atoms with Gasteiger partial charge in [0.1, 0.15) is 11.8 Å². The summed E-state index contributed by atoms with van der Waals surface area (Å²) in [5.74, 6) is 1.14. The van der Waals surface area contributed by atoms with Crippen LogP contribution in [0, 0.1) is 0 Å². The van der Waals surface area contributed by atoms with Gasteiger partial charge in [-0.2, -0.15) is 4.98 Å². The monoisotopic (exact) mass is 549 g/mol. The van der Waals surface area contributed by atoms with Gasteiger partial charge in [-0.25, -0.2) is 15.0 Å². The maximum absolute atomic E-state index is 6.18. The van der Waals surface area contributed by atoms with Gasteiger partial charge in [0.2, 0.25) is 11.8 Å². The second-order valence-corrected chi connectivity index (χ2v) is 11.2. The number of hydrogen-bond acceptors (Lipinski definition) is 9. The van der Waals surface area contributed by atoms with Gasteiger partial charge in [-0.15, -0.1) is 0 Å². The molecule has 2 aliphatic rings. The highest BCUT2D eigenvalue weighted by atomic mass is 16.5. The number of nitrogens with zero attached hydrogens (tertiary/aromatic N) is 7. The van der Waals surface area contributed by atoms with E-state index < -0.39 is 0 Å². The van der Waals surface area contributed by atoms with Crippen LogP contribution in [0.25, 0.3) is 33.2 Å². The fourth-order valence-corrected chi connectivity index (χ4v) is 5.67. The molecule has 0 atom stereocenters. The molecule has 0 radical (unpaired) electrons. The number of rotatable bonds is 6. The maximum atomic E-state index is 6.18. The number of likely N-dealkylation sites (N-methyl/N-ethyl adjacent to an activating group) is 1. The summed E-state index contributed by atoms with van der Waals surface area (Å²) in [6, 6.07) is 14.6. The van der Waals surface area contributed by atoms with Gasteiger partial charge in [-0.05, 0) is 62.8 Å². The molecule has 3 aromatic heterocycles. The molecule has 0 bridgehead atoms. The van der Waals surface area contributed by atoms with Gasteiger partial charge in [-0.1, -0.05) is 12.1 Å². The summed E-state index contributed by atoms with van der Waals surface area (Å²) in [4.78, 5) is 29.2. The first kappa shape index (κ1) is 25.7. The van der Waals surface area contributed by atoms with Gasteiger partial charge in [0.25, 0.3) is 0 Å². The molecule has 7 rings (SSSR count). The lowest BCUT2D eigenvalue weighted by Crippen LogP contribution is -2.44. The Hall–Kier alpha value is -4.28. The highest BCUT2D eigenvalue weighted by molar-refractivity contribution is 5.95. The van der Waals surface area contributed by atoms with Crippen molar-refractivity contribution < 1.29 is 4.74 Å². The Labute approximate surface area is 239 Å². The average Bonchev–Trinajstić information content (AvgIpc) is 3.42. The summed E-state index contributed by atoms with van der Waals surface area (Å²) in [6.07, 6.45) is 7.77. The molecule has 0 unspecified atom stereocenters. The quantitative estimate of drug-likeness (QED) is 0.316. The van der Waals surface area contributed by atoms with E-state index in [2.05, 4.69) is 79.4 Å². The number of likely N-dealkylation sites (tertiary alicyclic amines) is 1. The van der Waals surface area contributed by atoms with E-state index in [-0.39, 0.29) is 6.10 Å². The number of nitrogens with one attached hydrogen (secondary N) is 2. The number of anilines is 3. The van der Waals surface area contributed by atoms with Crippen molar-refractivity contribution in [3.8, 4) is 17.0 Å². The molecule has 2 aliphatic heterocycles. The zero-order valence-electron chi connectivity index (χ0n) is 23.5. The summed E-state index contributed by atoms with van der Waals surface area (Å²) in [7, 11) is 4.32. The van der Waals surface area contributed by atoms with Gasteiger partial charge >= 0.3 is 0 Å². The van der Waals surface area contributed by atoms with Crippen LogP contribution in [0.2, 0.25) is 0 Å². The Morgan fingerprint density at radius 1 is 0.854 bits per heavy atom. The zero-order valence-corrected chi connectivity index (χ0v) is 23.5. The fourth-order valence-electron chi connectivity index (χ4n) is 5.67. The Morgan fingerprint density at radius 3 is 2.54 bits per heavy atom. The smallest absolute Gasteiger partial charge is 0.233 e. The van der Waals surface area contributed by atoms with Gasteiger partial charge in [0.05, 0.1) is 17.2 Å². The van der Waals surface area contributed by atoms with Crippen LogP contribution in [0.4, 0.5) is 17.3 Å². The highest BCUT2D eigenvalue weighted by Gasteiger charge is 2.19. The number of ether oxygens (including phenoxy) is 1. The standard InChI is InChI=1S/C31H35N9O/c1-38-10-8-24(9-11-38)41-29-20-32-27-7-6-21(16-28(27)36-29)25-18-33-30-26(25)19-34-31(37-30)35-22-4-3-5-23(17-22)40-14-12-39(2)13-15-40/h3-7,16-20,24H,8-15H2,1-2H3,(H2,33,34,35,37). The fraction of sp³-hybridized carbons (Fsp3) is 0.355. The molecule has 10 nitrogen and oxygen atoms in total. The summed E-state index contributed by atoms with van der Waals surface area (Å²) < 4.78 is 6.18. The van der Waals surface area contributed by atoms with E-state index in [1.807, 2.05) is 24.5 Å². The minimum Gasteiger partial charge on any atom is -0.473 e. The van der Waals surface area contributed by atoms with E-state index in [0.717, 1.165) is 91.0 Å². The summed E-state index contributed by atoms with van der Waals surface area (Å²) in [5, 5.41) is 4.34. The molecule has 0 amide bonds. The lowest BCUT2D eigenvalue weighted by atomic mass is 10.1. The molecule has 0 aliphatic carbocycles. The van der Waals surface area contributed by atoms with Crippen molar-refractivity contribution in [1.29, 1.82) is 0 Å². The lowest BCUT2D eigenvalue weighted by Gasteiger charge is -2.34. The molecule has 2 saturated heterocycles. The van der Waals surface area contributed by atoms with Crippen LogP contribution >= 0.6 is 0 Å². The molecule has 2 aromatic carbocycles. The Bertz CT molecular complexity index is 1670. The van der Waals surface area contributed by atoms with E-state index in [9.17, 15) is 0 Å². The van der Waals surface area contributed by atoms with Crippen molar-refractivity contribution in [2.75, 3.05) is 63.6 Å². The Balaban J connectivity index is 1.10. The van der Waals surface area contributed by atoms with Crippen molar-refractivity contribution in [3.05, 3.63) is 61.1 Å². The number of piperidine rings is 1. The second-order valence-electron chi connectivity index (χ2n) is 11.2.